The van der Waals surface area contributed by atoms with E-state index in [-0.39, 0.29) is 10.7 Å². The van der Waals surface area contributed by atoms with Gasteiger partial charge in [0.15, 0.2) is 0 Å². The van der Waals surface area contributed by atoms with E-state index >= 15 is 0 Å². The number of pyridine rings is 1. The zero-order chi connectivity index (χ0) is 16.9. The first-order valence-electron chi connectivity index (χ1n) is 8.44. The van der Waals surface area contributed by atoms with Crippen molar-refractivity contribution in [2.75, 3.05) is 30.3 Å². The number of anilines is 1. The second-order valence-electron chi connectivity index (χ2n) is 6.02. The molecule has 128 valence electrons. The molecule has 1 aliphatic heterocycles. The number of hydrogen-bond donors (Lipinski definition) is 1. The van der Waals surface area contributed by atoms with Crippen molar-refractivity contribution in [3.63, 3.8) is 0 Å². The lowest BCUT2D eigenvalue weighted by Crippen LogP contribution is -2.53. The lowest BCUT2D eigenvalue weighted by Gasteiger charge is -2.41. The first-order chi connectivity index (χ1) is 11.1. The average molecular weight is 337 g/mol. The van der Waals surface area contributed by atoms with Crippen LogP contribution in [0.5, 0.6) is 0 Å². The van der Waals surface area contributed by atoms with Crippen molar-refractivity contribution in [3.05, 3.63) is 23.9 Å². The number of nitrogens with one attached hydrogen (secondary N) is 1. The Bertz CT molecular complexity index is 555. The van der Waals surface area contributed by atoms with Crippen molar-refractivity contribution in [1.82, 2.24) is 10.3 Å². The fourth-order valence-electron chi connectivity index (χ4n) is 2.95. The Morgan fingerprint density at radius 3 is 2.65 bits per heavy atom. The predicted octanol–water partition coefficient (Wildman–Crippen LogP) is 2.35. The highest BCUT2D eigenvalue weighted by Gasteiger charge is 2.39. The van der Waals surface area contributed by atoms with Gasteiger partial charge < -0.3 is 10.2 Å². The van der Waals surface area contributed by atoms with Crippen molar-refractivity contribution in [2.45, 2.75) is 44.8 Å². The number of hydrogen-bond acceptors (Lipinski definition) is 4. The standard InChI is InChI=1S/C17H27N3O2S/c1-4-9-18-16(21)14-7-8-15(19-12-14)20-10-11-23(22)17(5-2,6-3)13-20/h7-8,12H,4-6,9-11,13H2,1-3H3,(H,18,21). The second kappa shape index (κ2) is 7.90. The van der Waals surface area contributed by atoms with Crippen LogP contribution in [0.2, 0.25) is 0 Å². The van der Waals surface area contributed by atoms with Crippen molar-refractivity contribution < 1.29 is 9.00 Å². The van der Waals surface area contributed by atoms with Crippen LogP contribution in [-0.2, 0) is 10.8 Å². The zero-order valence-electron chi connectivity index (χ0n) is 14.3. The Kier molecular flexibility index (Phi) is 6.16. The molecule has 0 bridgehead atoms. The summed E-state index contributed by atoms with van der Waals surface area (Å²) in [6, 6.07) is 3.71. The molecule has 0 saturated carbocycles. The first-order valence-corrected chi connectivity index (χ1v) is 9.76. The summed E-state index contributed by atoms with van der Waals surface area (Å²) >= 11 is 0. The molecule has 1 unspecified atom stereocenters. The van der Waals surface area contributed by atoms with Crippen molar-refractivity contribution in [3.8, 4) is 0 Å². The Balaban J connectivity index is 2.10. The van der Waals surface area contributed by atoms with E-state index in [1.54, 1.807) is 6.20 Å². The van der Waals surface area contributed by atoms with Crippen LogP contribution >= 0.6 is 0 Å². The summed E-state index contributed by atoms with van der Waals surface area (Å²) < 4.78 is 12.3. The van der Waals surface area contributed by atoms with Gasteiger partial charge in [-0.15, -0.1) is 0 Å². The maximum Gasteiger partial charge on any atom is 0.252 e. The van der Waals surface area contributed by atoms with Crippen LogP contribution in [0.1, 0.15) is 50.4 Å². The maximum absolute atomic E-state index is 12.4. The normalized spacial score (nSPS) is 20.3. The summed E-state index contributed by atoms with van der Waals surface area (Å²) in [6.45, 7) is 8.44. The Morgan fingerprint density at radius 1 is 1.35 bits per heavy atom. The van der Waals surface area contributed by atoms with E-state index in [9.17, 15) is 9.00 Å². The third kappa shape index (κ3) is 3.91. The van der Waals surface area contributed by atoms with Crippen molar-refractivity contribution in [2.24, 2.45) is 0 Å². The number of carbonyl (C=O) groups is 1. The van der Waals surface area contributed by atoms with Crippen LogP contribution in [0, 0.1) is 0 Å². The van der Waals surface area contributed by atoms with Crippen molar-refractivity contribution in [1.29, 1.82) is 0 Å². The summed E-state index contributed by atoms with van der Waals surface area (Å²) in [5.74, 6) is 1.46. The Hall–Kier alpha value is -1.43. The molecule has 2 heterocycles. The quantitative estimate of drug-likeness (QED) is 0.865. The third-order valence-electron chi connectivity index (χ3n) is 4.67. The average Bonchev–Trinajstić information content (AvgIpc) is 2.60. The molecule has 0 spiro atoms. The molecule has 1 atom stereocenters. The first kappa shape index (κ1) is 17.9. The smallest absolute Gasteiger partial charge is 0.252 e. The highest BCUT2D eigenvalue weighted by molar-refractivity contribution is 7.86. The summed E-state index contributed by atoms with van der Waals surface area (Å²) in [7, 11) is -0.780. The molecule has 1 aromatic heterocycles. The molecule has 6 heteroatoms. The van der Waals surface area contributed by atoms with Gasteiger partial charge in [-0.05, 0) is 31.4 Å². The lowest BCUT2D eigenvalue weighted by molar-refractivity contribution is 0.0953. The lowest BCUT2D eigenvalue weighted by atomic mass is 10.0. The van der Waals surface area contributed by atoms with Gasteiger partial charge in [0, 0.05) is 42.4 Å². The monoisotopic (exact) mass is 337 g/mol. The fraction of sp³-hybridized carbons (Fsp3) is 0.647. The van der Waals surface area contributed by atoms with Crippen LogP contribution < -0.4 is 10.2 Å². The molecule has 5 nitrogen and oxygen atoms in total. The van der Waals surface area contributed by atoms with Gasteiger partial charge in [0.2, 0.25) is 0 Å². The second-order valence-corrected chi connectivity index (χ2v) is 7.99. The van der Waals surface area contributed by atoms with Gasteiger partial charge in [-0.25, -0.2) is 4.98 Å². The van der Waals surface area contributed by atoms with Crippen molar-refractivity contribution >= 4 is 22.5 Å². The van der Waals surface area contributed by atoms with Gasteiger partial charge in [-0.1, -0.05) is 20.8 Å². The van der Waals surface area contributed by atoms with Gasteiger partial charge in [0.05, 0.1) is 10.3 Å². The SMILES string of the molecule is CCCNC(=O)c1ccc(N2CCS(=O)C(CC)(CC)C2)nc1. The van der Waals surface area contributed by atoms with Crippen LogP contribution in [0.3, 0.4) is 0 Å². The van der Waals surface area contributed by atoms with Gasteiger partial charge >= 0.3 is 0 Å². The summed E-state index contributed by atoms with van der Waals surface area (Å²) in [6.07, 6.45) is 4.36. The number of amides is 1. The van der Waals surface area contributed by atoms with Crippen LogP contribution in [0.4, 0.5) is 5.82 Å². The molecule has 1 aromatic rings. The third-order valence-corrected chi connectivity index (χ3v) is 6.89. The number of aromatic nitrogens is 1. The highest BCUT2D eigenvalue weighted by atomic mass is 32.2. The van der Waals surface area contributed by atoms with E-state index < -0.39 is 10.8 Å². The molecule has 1 saturated heterocycles. The molecule has 23 heavy (non-hydrogen) atoms. The van der Waals surface area contributed by atoms with E-state index in [0.29, 0.717) is 17.9 Å². The van der Waals surface area contributed by atoms with Gasteiger partial charge in [0.25, 0.3) is 5.91 Å². The Morgan fingerprint density at radius 2 is 2.09 bits per heavy atom. The van der Waals surface area contributed by atoms with E-state index in [1.807, 2.05) is 19.1 Å². The summed E-state index contributed by atoms with van der Waals surface area (Å²) in [5.41, 5.74) is 0.583. The van der Waals surface area contributed by atoms with Crippen LogP contribution in [-0.4, -0.2) is 45.2 Å². The molecule has 0 aliphatic carbocycles. The molecule has 2 rings (SSSR count). The summed E-state index contributed by atoms with van der Waals surface area (Å²) in [4.78, 5) is 18.6. The summed E-state index contributed by atoms with van der Waals surface area (Å²) in [5, 5.41) is 2.85. The number of rotatable bonds is 6. The fourth-order valence-corrected chi connectivity index (χ4v) is 4.71. The molecule has 1 amide bonds. The number of carbonyl (C=O) groups excluding carboxylic acids is 1. The topological polar surface area (TPSA) is 62.3 Å². The van der Waals surface area contributed by atoms with Crippen LogP contribution in [0.15, 0.2) is 18.3 Å². The van der Waals surface area contributed by atoms with Gasteiger partial charge in [-0.3, -0.25) is 9.00 Å². The predicted molar refractivity (Wildman–Crippen MR) is 95.4 cm³/mol. The molecule has 0 aromatic carbocycles. The van der Waals surface area contributed by atoms with E-state index in [0.717, 1.165) is 38.2 Å². The largest absolute Gasteiger partial charge is 0.354 e. The minimum atomic E-state index is -0.780. The van der Waals surface area contributed by atoms with Gasteiger partial charge in [0.1, 0.15) is 5.82 Å². The molecular formula is C17H27N3O2S. The maximum atomic E-state index is 12.4. The number of nitrogens with zero attached hydrogens (tertiary/aromatic N) is 2. The van der Waals surface area contributed by atoms with E-state index in [4.69, 9.17) is 0 Å². The van der Waals surface area contributed by atoms with E-state index in [2.05, 4.69) is 29.0 Å². The minimum Gasteiger partial charge on any atom is -0.354 e. The van der Waals surface area contributed by atoms with Gasteiger partial charge in [-0.2, -0.15) is 0 Å². The minimum absolute atomic E-state index is 0.0814. The molecule has 1 aliphatic rings. The molecule has 0 radical (unpaired) electrons. The molecule has 1 N–H and O–H groups in total. The Labute approximate surface area is 141 Å². The van der Waals surface area contributed by atoms with E-state index in [1.165, 1.54) is 0 Å². The van der Waals surface area contributed by atoms with Crippen LogP contribution in [0.25, 0.3) is 0 Å². The highest BCUT2D eigenvalue weighted by Crippen LogP contribution is 2.30. The molecular weight excluding hydrogens is 310 g/mol. The molecule has 1 fully saturated rings. The zero-order valence-corrected chi connectivity index (χ0v) is 15.1.